The van der Waals surface area contributed by atoms with Crippen LogP contribution in [0.25, 0.3) is 0 Å². The predicted molar refractivity (Wildman–Crippen MR) is 188 cm³/mol. The zero-order valence-corrected chi connectivity index (χ0v) is 29.5. The Morgan fingerprint density at radius 2 is 1.75 bits per heavy atom. The Balaban J connectivity index is 1.31. The molecule has 2 aromatic carbocycles. The quantitative estimate of drug-likeness (QED) is 0.117. The fourth-order valence-electron chi connectivity index (χ4n) is 7.30. The minimum atomic E-state index is -1.98. The van der Waals surface area contributed by atoms with Gasteiger partial charge in [0.05, 0.1) is 23.9 Å². The number of aliphatic hydroxyl groups excluding tert-OH is 3. The number of carbonyl (C=O) groups is 3. The van der Waals surface area contributed by atoms with Crippen LogP contribution in [0.15, 0.2) is 48.7 Å². The van der Waals surface area contributed by atoms with Crippen molar-refractivity contribution in [1.29, 1.82) is 0 Å². The molecule has 1 aliphatic heterocycles. The summed E-state index contributed by atoms with van der Waals surface area (Å²) in [5.41, 5.74) is 6.62. The first-order valence-corrected chi connectivity index (χ1v) is 17.8. The summed E-state index contributed by atoms with van der Waals surface area (Å²) in [5, 5.41) is 68.1. The maximum absolute atomic E-state index is 13.4. The van der Waals surface area contributed by atoms with Crippen LogP contribution >= 0.6 is 0 Å². The lowest BCUT2D eigenvalue weighted by atomic mass is 9.80. The molecule has 5 rings (SSSR count). The van der Waals surface area contributed by atoms with Crippen LogP contribution in [0, 0.1) is 19.8 Å². The Labute approximate surface area is 302 Å². The summed E-state index contributed by atoms with van der Waals surface area (Å²) in [6.45, 7) is 3.17. The highest BCUT2D eigenvalue weighted by Crippen LogP contribution is 2.37. The molecular weight excluding hydrogens is 672 g/mol. The molecule has 15 nitrogen and oxygen atoms in total. The largest absolute Gasteiger partial charge is 0.507 e. The molecule has 282 valence electrons. The standard InChI is InChI=1S/C37H50N6O9/c1-21-14-26(15-22(2)32(21)47)35(49)39-18-29(45)33(48)34-31(28(44)16-37(52-34,36(50)51)13-12-23-6-4-3-5-7-23)40-30(46)20-43-19-27(41-42-43)25-10-8-24(17-38)9-11-25/h3-7,14-15,19,24-25,28-29,31,33-34,44-45,47-48H,8-13,16-18,20,38H2,1-2H3,(H,39,49)(H,40,46)(H,50,51)/t24?,25?,28-,29+,31+,33+,34+,37+/m0/s1. The number of amides is 2. The van der Waals surface area contributed by atoms with E-state index < -0.39 is 66.8 Å². The second kappa shape index (κ2) is 16.9. The summed E-state index contributed by atoms with van der Waals surface area (Å²) in [4.78, 5) is 39.1. The molecule has 1 aromatic heterocycles. The molecule has 0 radical (unpaired) electrons. The third-order valence-corrected chi connectivity index (χ3v) is 10.5. The zero-order valence-electron chi connectivity index (χ0n) is 29.5. The number of aromatic hydroxyl groups is 1. The smallest absolute Gasteiger partial charge is 0.336 e. The number of aromatic nitrogens is 3. The molecule has 6 atom stereocenters. The molecule has 0 unspecified atom stereocenters. The van der Waals surface area contributed by atoms with Crippen molar-refractivity contribution in [3.05, 3.63) is 76.6 Å². The number of hydrogen-bond acceptors (Lipinski definition) is 11. The van der Waals surface area contributed by atoms with Gasteiger partial charge in [0, 0.05) is 30.6 Å². The lowest BCUT2D eigenvalue weighted by molar-refractivity contribution is -0.229. The number of rotatable bonds is 14. The molecule has 1 saturated carbocycles. The molecule has 2 fully saturated rings. The summed E-state index contributed by atoms with van der Waals surface area (Å²) < 4.78 is 7.52. The van der Waals surface area contributed by atoms with E-state index in [-0.39, 0.29) is 36.6 Å². The van der Waals surface area contributed by atoms with E-state index in [9.17, 15) is 39.9 Å². The normalized spacial score (nSPS) is 25.9. The number of carboxylic acid groups (broad SMARTS) is 1. The second-order valence-electron chi connectivity index (χ2n) is 14.3. The van der Waals surface area contributed by atoms with Gasteiger partial charge in [0.25, 0.3) is 5.91 Å². The van der Waals surface area contributed by atoms with Crippen LogP contribution < -0.4 is 16.4 Å². The monoisotopic (exact) mass is 722 g/mol. The predicted octanol–water partition coefficient (Wildman–Crippen LogP) is 1.08. The van der Waals surface area contributed by atoms with E-state index in [4.69, 9.17) is 10.5 Å². The van der Waals surface area contributed by atoms with Crippen molar-refractivity contribution in [2.24, 2.45) is 11.7 Å². The van der Waals surface area contributed by atoms with E-state index in [1.54, 1.807) is 20.0 Å². The number of nitrogens with one attached hydrogen (secondary N) is 2. The van der Waals surface area contributed by atoms with Crippen molar-refractivity contribution < 1.29 is 44.7 Å². The number of carbonyl (C=O) groups excluding carboxylic acids is 2. The maximum atomic E-state index is 13.4. The molecule has 1 saturated heterocycles. The van der Waals surface area contributed by atoms with E-state index in [1.165, 1.54) is 16.8 Å². The average Bonchev–Trinajstić information content (AvgIpc) is 3.60. The molecule has 52 heavy (non-hydrogen) atoms. The molecule has 2 heterocycles. The molecular formula is C37H50N6O9. The topological polar surface area (TPSA) is 242 Å². The highest BCUT2D eigenvalue weighted by molar-refractivity contribution is 5.94. The Kier molecular flexibility index (Phi) is 12.6. The van der Waals surface area contributed by atoms with Crippen LogP contribution in [0.4, 0.5) is 0 Å². The Morgan fingerprint density at radius 3 is 2.38 bits per heavy atom. The van der Waals surface area contributed by atoms with E-state index >= 15 is 0 Å². The van der Waals surface area contributed by atoms with E-state index in [1.807, 2.05) is 30.3 Å². The number of aryl methyl sites for hydroxylation is 3. The first-order chi connectivity index (χ1) is 24.8. The lowest BCUT2D eigenvalue weighted by Gasteiger charge is -2.47. The summed E-state index contributed by atoms with van der Waals surface area (Å²) in [5.74, 6) is -1.82. The number of aliphatic carboxylic acids is 1. The van der Waals surface area contributed by atoms with Gasteiger partial charge < -0.3 is 46.6 Å². The van der Waals surface area contributed by atoms with Gasteiger partial charge in [-0.1, -0.05) is 35.5 Å². The van der Waals surface area contributed by atoms with Crippen LogP contribution in [0.5, 0.6) is 5.75 Å². The molecule has 0 spiro atoms. The first kappa shape index (κ1) is 38.8. The number of nitrogens with zero attached hydrogens (tertiary/aromatic N) is 3. The minimum absolute atomic E-state index is 0.0526. The van der Waals surface area contributed by atoms with Gasteiger partial charge in [-0.25, -0.2) is 9.48 Å². The van der Waals surface area contributed by atoms with E-state index in [0.29, 0.717) is 23.6 Å². The summed E-state index contributed by atoms with van der Waals surface area (Å²) in [6.07, 6.45) is -1.35. The maximum Gasteiger partial charge on any atom is 0.336 e. The summed E-state index contributed by atoms with van der Waals surface area (Å²) in [6, 6.07) is 10.7. The van der Waals surface area contributed by atoms with Crippen molar-refractivity contribution in [3.8, 4) is 5.75 Å². The highest BCUT2D eigenvalue weighted by Gasteiger charge is 2.54. The van der Waals surface area contributed by atoms with Gasteiger partial charge in [-0.15, -0.1) is 5.10 Å². The fraction of sp³-hybridized carbons (Fsp3) is 0.541. The molecule has 15 heteroatoms. The Morgan fingerprint density at radius 1 is 1.08 bits per heavy atom. The van der Waals surface area contributed by atoms with E-state index in [2.05, 4.69) is 20.9 Å². The second-order valence-corrected chi connectivity index (χ2v) is 14.3. The van der Waals surface area contributed by atoms with Gasteiger partial charge >= 0.3 is 5.97 Å². The molecule has 2 amide bonds. The highest BCUT2D eigenvalue weighted by atomic mass is 16.6. The summed E-state index contributed by atoms with van der Waals surface area (Å²) in [7, 11) is 0. The molecule has 0 bridgehead atoms. The van der Waals surface area contributed by atoms with E-state index in [0.717, 1.165) is 36.9 Å². The molecule has 2 aliphatic rings. The van der Waals surface area contributed by atoms with Crippen LogP contribution in [-0.2, 0) is 27.3 Å². The fourth-order valence-corrected chi connectivity index (χ4v) is 7.30. The SMILES string of the molecule is Cc1cc(C(=O)NC[C@@H](O)[C@@H](O)[C@@H]2O[C@@](CCc3ccccc3)(C(=O)O)C[C@H](O)[C@H]2NC(=O)Cn2cc(C3CCC(CN)CC3)nn2)cc(C)c1O. The van der Waals surface area contributed by atoms with Gasteiger partial charge in [0.15, 0.2) is 5.60 Å². The minimum Gasteiger partial charge on any atom is -0.507 e. The molecule has 9 N–H and O–H groups in total. The first-order valence-electron chi connectivity index (χ1n) is 17.8. The van der Waals surface area contributed by atoms with Crippen molar-refractivity contribution in [3.63, 3.8) is 0 Å². The molecule has 3 aromatic rings. The number of phenols is 1. The number of benzene rings is 2. The summed E-state index contributed by atoms with van der Waals surface area (Å²) >= 11 is 0. The number of ether oxygens (including phenoxy) is 1. The number of carboxylic acids is 1. The number of aliphatic hydroxyl groups is 3. The van der Waals surface area contributed by atoms with Crippen LogP contribution in [0.3, 0.4) is 0 Å². The average molecular weight is 723 g/mol. The van der Waals surface area contributed by atoms with Gasteiger partial charge in [0.1, 0.15) is 24.5 Å². The third-order valence-electron chi connectivity index (χ3n) is 10.5. The van der Waals surface area contributed by atoms with Gasteiger partial charge in [-0.05, 0) is 93.7 Å². The van der Waals surface area contributed by atoms with Crippen molar-refractivity contribution >= 4 is 17.8 Å². The number of hydrogen-bond donors (Lipinski definition) is 8. The van der Waals surface area contributed by atoms with Crippen molar-refractivity contribution in [1.82, 2.24) is 25.6 Å². The van der Waals surface area contributed by atoms with Crippen LogP contribution in [0.1, 0.15) is 77.2 Å². The third kappa shape index (κ3) is 9.14. The number of nitrogens with two attached hydrogens (primary N) is 1. The van der Waals surface area contributed by atoms with Crippen LogP contribution in [0.2, 0.25) is 0 Å². The van der Waals surface area contributed by atoms with Gasteiger partial charge in [-0.3, -0.25) is 9.59 Å². The number of phenolic OH excluding ortho intramolecular Hbond substituents is 1. The van der Waals surface area contributed by atoms with Crippen LogP contribution in [-0.4, -0.2) is 107 Å². The Bertz CT molecular complexity index is 1670. The zero-order chi connectivity index (χ0) is 37.6. The van der Waals surface area contributed by atoms with Crippen molar-refractivity contribution in [2.45, 2.75) is 107 Å². The van der Waals surface area contributed by atoms with Gasteiger partial charge in [0.2, 0.25) is 5.91 Å². The molecule has 1 aliphatic carbocycles. The van der Waals surface area contributed by atoms with Gasteiger partial charge in [-0.2, -0.15) is 0 Å². The lowest BCUT2D eigenvalue weighted by Crippen LogP contribution is -2.67. The van der Waals surface area contributed by atoms with Crippen molar-refractivity contribution in [2.75, 3.05) is 13.1 Å². The Hall–Kier alpha value is -4.41.